The third-order valence-corrected chi connectivity index (χ3v) is 3.95. The molecule has 3 aromatic rings. The van der Waals surface area contributed by atoms with E-state index in [4.69, 9.17) is 0 Å². The van der Waals surface area contributed by atoms with Crippen LogP contribution in [-0.4, -0.2) is 19.0 Å². The van der Waals surface area contributed by atoms with Gasteiger partial charge in [-0.05, 0) is 42.9 Å². The van der Waals surface area contributed by atoms with Crippen LogP contribution in [-0.2, 0) is 6.54 Å². The van der Waals surface area contributed by atoms with Crippen molar-refractivity contribution in [3.8, 4) is 0 Å². The van der Waals surface area contributed by atoms with E-state index in [9.17, 15) is 0 Å². The summed E-state index contributed by atoms with van der Waals surface area (Å²) in [4.78, 5) is 2.15. The lowest BCUT2D eigenvalue weighted by atomic mass is 10.00. The molecule has 0 aliphatic heterocycles. The third kappa shape index (κ3) is 4.85. The predicted octanol–water partition coefficient (Wildman–Crippen LogP) is 5.62. The molecule has 0 fully saturated rings. The average Bonchev–Trinajstić information content (AvgIpc) is 2.65. The Bertz CT molecular complexity index is 754. The molecule has 0 N–H and O–H groups in total. The van der Waals surface area contributed by atoms with Crippen LogP contribution >= 0.6 is 0 Å². The molecule has 0 heterocycles. The summed E-state index contributed by atoms with van der Waals surface area (Å²) < 4.78 is 0. The lowest BCUT2D eigenvalue weighted by Gasteiger charge is -2.12. The molecule has 0 unspecified atom stereocenters. The lowest BCUT2D eigenvalue weighted by molar-refractivity contribution is 0.402. The van der Waals surface area contributed by atoms with Gasteiger partial charge in [-0.3, -0.25) is 0 Å². The Labute approximate surface area is 149 Å². The molecule has 0 saturated carbocycles. The van der Waals surface area contributed by atoms with Gasteiger partial charge in [-0.2, -0.15) is 10.2 Å². The van der Waals surface area contributed by atoms with Crippen molar-refractivity contribution >= 4 is 5.69 Å². The summed E-state index contributed by atoms with van der Waals surface area (Å²) in [5.74, 6) is 0. The molecule has 0 saturated heterocycles. The molecule has 0 atom stereocenters. The van der Waals surface area contributed by atoms with Crippen LogP contribution in [0.1, 0.15) is 22.7 Å². The third-order valence-electron chi connectivity index (χ3n) is 3.95. The van der Waals surface area contributed by atoms with E-state index in [0.717, 1.165) is 23.4 Å². The van der Waals surface area contributed by atoms with Crippen molar-refractivity contribution in [3.63, 3.8) is 0 Å². The smallest absolute Gasteiger partial charge is 0.121 e. The van der Waals surface area contributed by atoms with Crippen molar-refractivity contribution in [3.05, 3.63) is 102 Å². The molecular formula is C22H23N3. The van der Waals surface area contributed by atoms with E-state index in [0.29, 0.717) is 0 Å². The molecule has 0 aliphatic carbocycles. The standard InChI is InChI=1S/C22H23N3/c1-25(2)17-18-13-15-21(16-14-18)23-24-22(19-9-5-3-6-10-19)20-11-7-4-8-12-20/h3-16,22H,17H2,1-2H3. The van der Waals surface area contributed by atoms with Gasteiger partial charge in [0.25, 0.3) is 0 Å². The first-order chi connectivity index (χ1) is 12.2. The molecular weight excluding hydrogens is 306 g/mol. The Balaban J connectivity index is 1.84. The number of hydrogen-bond acceptors (Lipinski definition) is 3. The van der Waals surface area contributed by atoms with E-state index in [-0.39, 0.29) is 6.04 Å². The molecule has 0 amide bonds. The highest BCUT2D eigenvalue weighted by molar-refractivity contribution is 5.39. The van der Waals surface area contributed by atoms with Crippen molar-refractivity contribution in [2.24, 2.45) is 10.2 Å². The first-order valence-corrected chi connectivity index (χ1v) is 8.47. The topological polar surface area (TPSA) is 28.0 Å². The zero-order valence-corrected chi connectivity index (χ0v) is 14.7. The number of nitrogens with zero attached hydrogens (tertiary/aromatic N) is 3. The number of rotatable bonds is 6. The molecule has 0 spiro atoms. The normalized spacial score (nSPS) is 11.5. The largest absolute Gasteiger partial charge is 0.305 e. The van der Waals surface area contributed by atoms with Crippen LogP contribution in [0, 0.1) is 0 Å². The van der Waals surface area contributed by atoms with Gasteiger partial charge in [0.2, 0.25) is 0 Å². The van der Waals surface area contributed by atoms with Gasteiger partial charge in [-0.15, -0.1) is 0 Å². The van der Waals surface area contributed by atoms with E-state index in [1.807, 2.05) is 48.5 Å². The minimum absolute atomic E-state index is 0.0937. The van der Waals surface area contributed by atoms with Crippen molar-refractivity contribution < 1.29 is 0 Å². The molecule has 3 aromatic carbocycles. The summed E-state index contributed by atoms with van der Waals surface area (Å²) in [7, 11) is 4.13. The Hall–Kier alpha value is -2.78. The van der Waals surface area contributed by atoms with Crippen LogP contribution in [0.5, 0.6) is 0 Å². The number of hydrogen-bond donors (Lipinski definition) is 0. The van der Waals surface area contributed by atoms with Crippen LogP contribution < -0.4 is 0 Å². The fourth-order valence-corrected chi connectivity index (χ4v) is 2.75. The summed E-state index contributed by atoms with van der Waals surface area (Å²) in [6.07, 6.45) is 0. The summed E-state index contributed by atoms with van der Waals surface area (Å²) >= 11 is 0. The molecule has 25 heavy (non-hydrogen) atoms. The van der Waals surface area contributed by atoms with E-state index < -0.39 is 0 Å². The second kappa shape index (κ2) is 8.36. The summed E-state index contributed by atoms with van der Waals surface area (Å²) in [6.45, 7) is 0.925. The second-order valence-corrected chi connectivity index (χ2v) is 6.34. The highest BCUT2D eigenvalue weighted by atomic mass is 15.1. The van der Waals surface area contributed by atoms with E-state index in [1.54, 1.807) is 0 Å². The summed E-state index contributed by atoms with van der Waals surface area (Å²) in [6, 6.07) is 28.7. The van der Waals surface area contributed by atoms with Crippen molar-refractivity contribution in [2.45, 2.75) is 12.6 Å². The van der Waals surface area contributed by atoms with Gasteiger partial charge < -0.3 is 4.90 Å². The zero-order chi connectivity index (χ0) is 17.5. The Kier molecular flexibility index (Phi) is 5.70. The minimum atomic E-state index is -0.0937. The lowest BCUT2D eigenvalue weighted by Crippen LogP contribution is -2.10. The molecule has 0 bridgehead atoms. The quantitative estimate of drug-likeness (QED) is 0.539. The first kappa shape index (κ1) is 17.1. The monoisotopic (exact) mass is 329 g/mol. The Morgan fingerprint density at radius 2 is 1.24 bits per heavy atom. The maximum Gasteiger partial charge on any atom is 0.121 e. The maximum atomic E-state index is 4.64. The van der Waals surface area contributed by atoms with E-state index in [2.05, 4.69) is 65.6 Å². The molecule has 0 aromatic heterocycles. The maximum absolute atomic E-state index is 4.64. The van der Waals surface area contributed by atoms with Crippen LogP contribution in [0.4, 0.5) is 5.69 Å². The number of azo groups is 1. The van der Waals surface area contributed by atoms with Crippen LogP contribution in [0.15, 0.2) is 95.2 Å². The Morgan fingerprint density at radius 1 is 0.720 bits per heavy atom. The molecule has 3 rings (SSSR count). The van der Waals surface area contributed by atoms with Crippen molar-refractivity contribution in [1.82, 2.24) is 4.90 Å². The van der Waals surface area contributed by atoms with Gasteiger partial charge >= 0.3 is 0 Å². The summed E-state index contributed by atoms with van der Waals surface area (Å²) in [5.41, 5.74) is 4.43. The average molecular weight is 329 g/mol. The van der Waals surface area contributed by atoms with Crippen LogP contribution in [0.2, 0.25) is 0 Å². The molecule has 0 radical (unpaired) electrons. The van der Waals surface area contributed by atoms with Gasteiger partial charge in [-0.1, -0.05) is 72.8 Å². The van der Waals surface area contributed by atoms with Gasteiger partial charge in [0, 0.05) is 6.54 Å². The molecule has 3 heteroatoms. The highest BCUT2D eigenvalue weighted by Gasteiger charge is 2.12. The van der Waals surface area contributed by atoms with Crippen molar-refractivity contribution in [1.29, 1.82) is 0 Å². The summed E-state index contributed by atoms with van der Waals surface area (Å²) in [5, 5.41) is 9.13. The van der Waals surface area contributed by atoms with Crippen molar-refractivity contribution in [2.75, 3.05) is 14.1 Å². The molecule has 0 aliphatic rings. The predicted molar refractivity (Wildman–Crippen MR) is 103 cm³/mol. The van der Waals surface area contributed by atoms with E-state index >= 15 is 0 Å². The van der Waals surface area contributed by atoms with Gasteiger partial charge in [-0.25, -0.2) is 0 Å². The first-order valence-electron chi connectivity index (χ1n) is 8.47. The van der Waals surface area contributed by atoms with Crippen LogP contribution in [0.25, 0.3) is 0 Å². The van der Waals surface area contributed by atoms with Gasteiger partial charge in [0.05, 0.1) is 5.69 Å². The molecule has 3 nitrogen and oxygen atoms in total. The number of benzene rings is 3. The SMILES string of the molecule is CN(C)Cc1ccc(N=NC(c2ccccc2)c2ccccc2)cc1. The van der Waals surface area contributed by atoms with Gasteiger partial charge in [0.15, 0.2) is 0 Å². The van der Waals surface area contributed by atoms with Crippen LogP contribution in [0.3, 0.4) is 0 Å². The fraction of sp³-hybridized carbons (Fsp3) is 0.182. The fourth-order valence-electron chi connectivity index (χ4n) is 2.75. The van der Waals surface area contributed by atoms with Gasteiger partial charge in [0.1, 0.15) is 6.04 Å². The molecule has 126 valence electrons. The minimum Gasteiger partial charge on any atom is -0.305 e. The zero-order valence-electron chi connectivity index (χ0n) is 14.7. The highest BCUT2D eigenvalue weighted by Crippen LogP contribution is 2.28. The second-order valence-electron chi connectivity index (χ2n) is 6.34. The Morgan fingerprint density at radius 3 is 1.72 bits per heavy atom. The van der Waals surface area contributed by atoms with E-state index in [1.165, 1.54) is 5.56 Å².